The predicted molar refractivity (Wildman–Crippen MR) is 214 cm³/mol. The van der Waals surface area contributed by atoms with E-state index in [2.05, 4.69) is 97.9 Å². The van der Waals surface area contributed by atoms with Gasteiger partial charge in [-0.1, -0.05) is 118 Å². The number of benzene rings is 5. The number of fused-ring (bicyclic) bond motifs is 5. The molecule has 9 rings (SSSR count). The summed E-state index contributed by atoms with van der Waals surface area (Å²) in [6.07, 6.45) is 1.63. The van der Waals surface area contributed by atoms with Crippen LogP contribution in [-0.4, -0.2) is 19.5 Å². The van der Waals surface area contributed by atoms with Gasteiger partial charge >= 0.3 is 0 Å². The molecule has 0 spiro atoms. The topological polar surface area (TPSA) is 56.7 Å². The first-order chi connectivity index (χ1) is 26.9. The molecule has 9 aromatic rings. The first kappa shape index (κ1) is 33.1. The van der Waals surface area contributed by atoms with Crippen molar-refractivity contribution in [2.45, 2.75) is 53.3 Å². The van der Waals surface area contributed by atoms with Gasteiger partial charge < -0.3 is 14.0 Å². The van der Waals surface area contributed by atoms with Crippen LogP contribution in [0.1, 0.15) is 65.9 Å². The third-order valence-electron chi connectivity index (χ3n) is 9.54. The summed E-state index contributed by atoms with van der Waals surface area (Å²) in [6.45, 7) is 8.57. The van der Waals surface area contributed by atoms with Gasteiger partial charge in [-0.15, -0.1) is 42.0 Å². The maximum absolute atomic E-state index is 13.8. The Kier molecular flexibility index (Phi) is 9.25. The molecule has 4 aromatic heterocycles. The summed E-state index contributed by atoms with van der Waals surface area (Å²) in [5.41, 5.74) is 10.4. The van der Waals surface area contributed by atoms with Gasteiger partial charge in [0, 0.05) is 52.7 Å². The van der Waals surface area contributed by atoms with Crippen LogP contribution in [0.5, 0.6) is 0 Å². The minimum Gasteiger partial charge on any atom is -0.501 e. The Morgan fingerprint density at radius 2 is 1.54 bits per heavy atom. The zero-order valence-electron chi connectivity index (χ0n) is 33.5. The Labute approximate surface area is 332 Å². The second kappa shape index (κ2) is 15.1. The molecule has 0 atom stereocenters. The summed E-state index contributed by atoms with van der Waals surface area (Å²) in [5.74, 6) is 0.823. The Morgan fingerprint density at radius 1 is 0.778 bits per heavy atom. The normalized spacial score (nSPS) is 12.5. The third-order valence-corrected chi connectivity index (χ3v) is 9.54. The minimum absolute atomic E-state index is 0. The fourth-order valence-electron chi connectivity index (χ4n) is 6.91. The number of rotatable bonds is 5. The first-order valence-electron chi connectivity index (χ1n) is 19.3. The quantitative estimate of drug-likeness (QED) is 0.162. The molecule has 0 aliphatic rings. The fraction of sp³-hybridized carbons (Fsp3) is 0.170. The molecule has 4 heterocycles. The van der Waals surface area contributed by atoms with Crippen molar-refractivity contribution in [3.63, 3.8) is 0 Å². The second-order valence-corrected chi connectivity index (χ2v) is 13.9. The number of halogens is 1. The van der Waals surface area contributed by atoms with Crippen LogP contribution in [0.25, 0.3) is 72.3 Å². The van der Waals surface area contributed by atoms with Crippen molar-refractivity contribution >= 4 is 44.0 Å². The summed E-state index contributed by atoms with van der Waals surface area (Å²) < 4.78 is 44.2. The number of furan rings is 1. The summed E-state index contributed by atoms with van der Waals surface area (Å²) in [5, 5.41) is 3.24. The maximum atomic E-state index is 13.8. The summed E-state index contributed by atoms with van der Waals surface area (Å²) in [6, 6.07) is 41.3. The zero-order valence-corrected chi connectivity index (χ0v) is 32.9. The van der Waals surface area contributed by atoms with E-state index in [1.807, 2.05) is 49.4 Å². The van der Waals surface area contributed by atoms with E-state index >= 15 is 0 Å². The Hall–Kier alpha value is -5.49. The van der Waals surface area contributed by atoms with Crippen molar-refractivity contribution in [3.05, 3.63) is 156 Å². The molecule has 0 fully saturated rings. The molecule has 7 heteroatoms. The maximum Gasteiger partial charge on any atom is 0.168 e. The van der Waals surface area contributed by atoms with Crippen molar-refractivity contribution in [1.82, 2.24) is 19.5 Å². The number of nitrogens with zero attached hydrogens (tertiary/aromatic N) is 4. The molecular weight excluding hydrogens is 848 g/mol. The number of pyridine rings is 2. The molecule has 0 amide bonds. The zero-order chi connectivity index (χ0) is 39.3. The van der Waals surface area contributed by atoms with Crippen LogP contribution in [0.3, 0.4) is 0 Å². The van der Waals surface area contributed by atoms with E-state index in [9.17, 15) is 4.39 Å². The average Bonchev–Trinajstić information content (AvgIpc) is 3.75. The van der Waals surface area contributed by atoms with Gasteiger partial charge in [-0.25, -0.2) is 4.98 Å². The predicted octanol–water partition coefficient (Wildman–Crippen LogP) is 12.5. The number of hydrogen-bond acceptors (Lipinski definition) is 4. The molecule has 0 aliphatic carbocycles. The number of imidazole rings is 1. The van der Waals surface area contributed by atoms with E-state index in [-0.39, 0.29) is 31.2 Å². The summed E-state index contributed by atoms with van der Waals surface area (Å²) in [7, 11) is 0. The van der Waals surface area contributed by atoms with Crippen molar-refractivity contribution in [2.24, 2.45) is 0 Å². The molecule has 0 bridgehead atoms. The Bertz CT molecular complexity index is 2870. The van der Waals surface area contributed by atoms with E-state index in [0.717, 1.165) is 61.4 Å². The molecule has 0 unspecified atom stereocenters. The summed E-state index contributed by atoms with van der Waals surface area (Å²) in [4.78, 5) is 14.3. The molecule has 271 valence electrons. The van der Waals surface area contributed by atoms with E-state index < -0.39 is 12.7 Å². The fourth-order valence-corrected chi connectivity index (χ4v) is 6.91. The van der Waals surface area contributed by atoms with E-state index in [1.165, 1.54) is 22.9 Å². The average molecular weight is 890 g/mol. The van der Waals surface area contributed by atoms with Crippen LogP contribution in [0.2, 0.25) is 0 Å². The molecular formula is C47H39FIrN4O-2. The van der Waals surface area contributed by atoms with Gasteiger partial charge in [-0.2, -0.15) is 0 Å². The number of hydrogen-bond donors (Lipinski definition) is 0. The third kappa shape index (κ3) is 6.74. The van der Waals surface area contributed by atoms with Gasteiger partial charge in [0.1, 0.15) is 5.58 Å². The SMILES string of the molecule is CC(C)c1cccc(C(C)C)c1-n1c(-c2[c-]ccc3c2oc2ccccc23)nc2nc3ccccc3cc21.[2H]C([2H])([2H])c1c[c-]c(-c2ccc(C)cn2)c(F)c1.[Ir]. The minimum atomic E-state index is -2.32. The molecule has 0 aliphatic heterocycles. The number of aryl methyl sites for hydroxylation is 2. The molecule has 0 saturated carbocycles. The van der Waals surface area contributed by atoms with Crippen LogP contribution in [0.15, 0.2) is 120 Å². The van der Waals surface area contributed by atoms with Crippen molar-refractivity contribution in [3.8, 4) is 28.3 Å². The molecule has 0 saturated heterocycles. The largest absolute Gasteiger partial charge is 0.501 e. The van der Waals surface area contributed by atoms with Crippen LogP contribution < -0.4 is 0 Å². The first-order valence-corrected chi connectivity index (χ1v) is 17.8. The molecule has 5 aromatic carbocycles. The van der Waals surface area contributed by atoms with Crippen molar-refractivity contribution in [2.75, 3.05) is 0 Å². The van der Waals surface area contributed by atoms with Gasteiger partial charge in [-0.3, -0.25) is 9.37 Å². The van der Waals surface area contributed by atoms with Gasteiger partial charge in [0.2, 0.25) is 0 Å². The van der Waals surface area contributed by atoms with Crippen LogP contribution in [-0.2, 0) is 20.1 Å². The molecule has 0 N–H and O–H groups in total. The number of aromatic nitrogens is 4. The van der Waals surface area contributed by atoms with E-state index in [0.29, 0.717) is 23.2 Å². The smallest absolute Gasteiger partial charge is 0.168 e. The van der Waals surface area contributed by atoms with Gasteiger partial charge in [0.25, 0.3) is 0 Å². The van der Waals surface area contributed by atoms with E-state index in [4.69, 9.17) is 18.5 Å². The molecule has 5 nitrogen and oxygen atoms in total. The van der Waals surface area contributed by atoms with Crippen LogP contribution >= 0.6 is 0 Å². The van der Waals surface area contributed by atoms with Gasteiger partial charge in [0.15, 0.2) is 5.65 Å². The van der Waals surface area contributed by atoms with E-state index in [1.54, 1.807) is 12.3 Å². The molecule has 1 radical (unpaired) electrons. The van der Waals surface area contributed by atoms with Crippen LogP contribution in [0.4, 0.5) is 4.39 Å². The van der Waals surface area contributed by atoms with Crippen molar-refractivity contribution in [1.29, 1.82) is 0 Å². The standard InChI is InChI=1S/C34H28N3O.C13H11FN.Ir/c1-20(2)23-13-9-14-24(21(3)4)31(23)37-29-19-22-11-5-7-17-28(22)35-33(29)36-34(37)27-16-10-15-26-25-12-6-8-18-30(25)38-32(26)27;1-9-3-5-11(12(14)7-9)13-6-4-10(2)8-15-13;/h5-15,17-21H,1-4H3;3-4,6-8H,1-2H3;/q2*-1;/i;1D3;. The number of para-hydroxylation sites is 3. The second-order valence-electron chi connectivity index (χ2n) is 13.9. The van der Waals surface area contributed by atoms with Crippen molar-refractivity contribution < 1.29 is 33.0 Å². The van der Waals surface area contributed by atoms with Gasteiger partial charge in [0.05, 0.1) is 22.4 Å². The Balaban J connectivity index is 0.000000221. The Morgan fingerprint density at radius 3 is 2.26 bits per heavy atom. The van der Waals surface area contributed by atoms with Gasteiger partial charge in [-0.05, 0) is 59.3 Å². The monoisotopic (exact) mass is 890 g/mol. The molecule has 54 heavy (non-hydrogen) atoms. The summed E-state index contributed by atoms with van der Waals surface area (Å²) >= 11 is 0. The van der Waals surface area contributed by atoms with Crippen LogP contribution in [0, 0.1) is 31.7 Å².